The number of amides is 1. The number of aliphatic hydroxyl groups excluding tert-OH is 2. The molecule has 3 aliphatic carbocycles. The smallest absolute Gasteiger partial charge is 0.255 e. The molecule has 0 fully saturated rings. The summed E-state index contributed by atoms with van der Waals surface area (Å²) in [5.41, 5.74) is 4.23. The molecule has 13 heteroatoms. The van der Waals surface area contributed by atoms with Crippen LogP contribution in [0.25, 0.3) is 11.3 Å². The van der Waals surface area contributed by atoms with Gasteiger partial charge in [-0.05, 0) is 76.3 Å². The van der Waals surface area contributed by atoms with Crippen LogP contribution in [0.4, 0.5) is 5.69 Å². The van der Waals surface area contributed by atoms with E-state index in [1.807, 2.05) is 57.4 Å². The van der Waals surface area contributed by atoms with Crippen molar-refractivity contribution in [1.29, 1.82) is 0 Å². The number of hydrogen-bond donors (Lipinski definition) is 5. The number of benzene rings is 2. The molecule has 0 saturated carbocycles. The predicted octanol–water partition coefficient (Wildman–Crippen LogP) is 3.01. The third-order valence-corrected chi connectivity index (χ3v) is 10.6. The van der Waals surface area contributed by atoms with Crippen LogP contribution in [0.15, 0.2) is 75.6 Å². The highest BCUT2D eigenvalue weighted by atomic mass is 16.4. The van der Waals surface area contributed by atoms with Crippen molar-refractivity contribution < 1.29 is 39.2 Å². The molecule has 1 heterocycles. The van der Waals surface area contributed by atoms with Crippen LogP contribution in [-0.4, -0.2) is 120 Å². The molecule has 0 bridgehead atoms. The topological polar surface area (TPSA) is 184 Å². The first-order chi connectivity index (χ1) is 24.6. The number of rotatable bonds is 11. The highest BCUT2D eigenvalue weighted by molar-refractivity contribution is 6.25. The summed E-state index contributed by atoms with van der Waals surface area (Å²) in [6, 6.07) is 14.4. The van der Waals surface area contributed by atoms with Gasteiger partial charge in [0.15, 0.2) is 11.4 Å². The molecule has 0 aliphatic heterocycles. The van der Waals surface area contributed by atoms with Gasteiger partial charge in [0.05, 0.1) is 23.7 Å². The molecule has 3 aliphatic rings. The second kappa shape index (κ2) is 13.9. The Morgan fingerprint density at radius 1 is 0.962 bits per heavy atom. The molecule has 6 N–H and O–H groups in total. The van der Waals surface area contributed by atoms with Gasteiger partial charge in [0.1, 0.15) is 34.4 Å². The molecule has 4 atom stereocenters. The zero-order chi connectivity index (χ0) is 37.8. The van der Waals surface area contributed by atoms with E-state index < -0.39 is 58.0 Å². The highest BCUT2D eigenvalue weighted by Crippen LogP contribution is 2.54. The van der Waals surface area contributed by atoms with Gasteiger partial charge in [-0.25, -0.2) is 0 Å². The first kappa shape index (κ1) is 36.8. The van der Waals surface area contributed by atoms with Crippen LogP contribution in [0, 0.1) is 11.8 Å². The van der Waals surface area contributed by atoms with Crippen molar-refractivity contribution in [3.63, 3.8) is 0 Å². The van der Waals surface area contributed by atoms with Crippen molar-refractivity contribution in [2.45, 2.75) is 37.6 Å². The van der Waals surface area contributed by atoms with E-state index in [0.717, 1.165) is 18.7 Å². The van der Waals surface area contributed by atoms with E-state index in [-0.39, 0.29) is 35.3 Å². The van der Waals surface area contributed by atoms with Gasteiger partial charge in [-0.1, -0.05) is 30.3 Å². The van der Waals surface area contributed by atoms with E-state index in [4.69, 9.17) is 10.2 Å². The Kier molecular flexibility index (Phi) is 9.83. The summed E-state index contributed by atoms with van der Waals surface area (Å²) in [5, 5.41) is 46.6. The lowest BCUT2D eigenvalue weighted by Gasteiger charge is -2.50. The summed E-state index contributed by atoms with van der Waals surface area (Å²) >= 11 is 0. The average molecular weight is 714 g/mol. The Morgan fingerprint density at radius 3 is 2.27 bits per heavy atom. The molecule has 13 nitrogen and oxygen atoms in total. The fourth-order valence-corrected chi connectivity index (χ4v) is 8.11. The fourth-order valence-electron chi connectivity index (χ4n) is 8.11. The van der Waals surface area contributed by atoms with Crippen molar-refractivity contribution in [1.82, 2.24) is 14.7 Å². The Bertz CT molecular complexity index is 1980. The lowest BCUT2D eigenvalue weighted by molar-refractivity contribution is -0.148. The number of likely N-dealkylation sites (N-methyl/N-ethyl adjacent to an activating group) is 2. The van der Waals surface area contributed by atoms with Gasteiger partial charge in [0.25, 0.3) is 5.91 Å². The number of hydrogen-bond acceptors (Lipinski definition) is 12. The number of Topliss-reactive ketones (excluding diaryl/α,β-unsaturated/α-hetero) is 2. The summed E-state index contributed by atoms with van der Waals surface area (Å²) in [5.74, 6) is -5.94. The Hall–Kier alpha value is -4.95. The van der Waals surface area contributed by atoms with Gasteiger partial charge in [0.2, 0.25) is 5.78 Å². The lowest BCUT2D eigenvalue weighted by atomic mass is 9.58. The molecule has 1 aromatic heterocycles. The van der Waals surface area contributed by atoms with Gasteiger partial charge in [0, 0.05) is 50.9 Å². The molecule has 6 rings (SSSR count). The number of primary amides is 1. The Balaban J connectivity index is 1.41. The van der Waals surface area contributed by atoms with E-state index in [2.05, 4.69) is 21.9 Å². The summed E-state index contributed by atoms with van der Waals surface area (Å²) < 4.78 is 6.33. The van der Waals surface area contributed by atoms with Crippen molar-refractivity contribution in [3.05, 3.63) is 93.6 Å². The fraction of sp³-hybridized carbons (Fsp3) is 0.410. The monoisotopic (exact) mass is 713 g/mol. The number of ketones is 2. The number of aliphatic hydroxyl groups is 3. The number of allylic oxidation sites excluding steroid dienone is 1. The molecular formula is C39H47N5O8. The molecule has 0 radical (unpaired) electrons. The van der Waals surface area contributed by atoms with E-state index in [1.165, 1.54) is 4.90 Å². The summed E-state index contributed by atoms with van der Waals surface area (Å²) in [6.45, 7) is 2.82. The maximum atomic E-state index is 14.5. The first-order valence-corrected chi connectivity index (χ1v) is 17.3. The largest absolute Gasteiger partial charge is 0.510 e. The van der Waals surface area contributed by atoms with Crippen LogP contribution in [0.2, 0.25) is 0 Å². The number of carbonyl (C=O) groups excluding carboxylic acids is 3. The molecule has 276 valence electrons. The maximum absolute atomic E-state index is 14.5. The zero-order valence-corrected chi connectivity index (χ0v) is 30.4. The van der Waals surface area contributed by atoms with Gasteiger partial charge < -0.3 is 40.4 Å². The number of phenols is 1. The normalized spacial score (nSPS) is 23.0. The number of phenolic OH excluding ortho intramolecular Hbond substituents is 1. The minimum atomic E-state index is -2.71. The van der Waals surface area contributed by atoms with Crippen LogP contribution < -0.4 is 10.6 Å². The molecule has 1 amide bonds. The number of nitrogens with zero attached hydrogens (tertiary/aromatic N) is 4. The molecule has 2 aromatic carbocycles. The summed E-state index contributed by atoms with van der Waals surface area (Å²) in [6.07, 6.45) is 0.190. The number of aromatic hydroxyl groups is 1. The van der Waals surface area contributed by atoms with E-state index in [9.17, 15) is 34.8 Å². The minimum Gasteiger partial charge on any atom is -0.510 e. The molecule has 52 heavy (non-hydrogen) atoms. The van der Waals surface area contributed by atoms with Crippen LogP contribution in [0.1, 0.15) is 33.7 Å². The third kappa shape index (κ3) is 6.17. The van der Waals surface area contributed by atoms with E-state index in [1.54, 1.807) is 26.2 Å². The number of nitrogens with two attached hydrogens (primary N) is 1. The van der Waals surface area contributed by atoms with Crippen molar-refractivity contribution in [2.75, 3.05) is 60.3 Å². The quantitative estimate of drug-likeness (QED) is 0.183. The zero-order valence-electron chi connectivity index (χ0n) is 30.4. The third-order valence-electron chi connectivity index (χ3n) is 10.6. The molecule has 3 aromatic rings. The van der Waals surface area contributed by atoms with Crippen molar-refractivity contribution in [2.24, 2.45) is 17.6 Å². The number of fused-ring (bicyclic) bond motifs is 3. The number of furan rings is 1. The molecule has 0 saturated heterocycles. The number of carbonyl (C=O) groups is 3. The van der Waals surface area contributed by atoms with Gasteiger partial charge in [-0.3, -0.25) is 24.2 Å². The van der Waals surface area contributed by atoms with Crippen LogP contribution in [0.5, 0.6) is 5.75 Å². The van der Waals surface area contributed by atoms with Gasteiger partial charge >= 0.3 is 0 Å². The first-order valence-electron chi connectivity index (χ1n) is 17.3. The van der Waals surface area contributed by atoms with Gasteiger partial charge in [-0.15, -0.1) is 0 Å². The Morgan fingerprint density at radius 2 is 1.65 bits per heavy atom. The standard InChI is InChI=1S/C39H47N5O8/c1-41(2)14-15-44(19-21-10-8-7-9-11-21)20-23-12-13-28(52-23)25-18-27(42(3)4)24-16-22-17-26-32(43(5)6)35(47)31(38(40)50)37(49)39(26,51)36(48)29(22)34(46)30(24)33(25)45/h7-13,18,22,26,32,45,47-48,51H,14-17,19-20H2,1-6H3,(H2,40,50)/t22-,26-,32?,39-/m0/s1. The number of anilines is 1. The second-order valence-corrected chi connectivity index (χ2v) is 14.8. The Labute approximate surface area is 302 Å². The van der Waals surface area contributed by atoms with Gasteiger partial charge in [-0.2, -0.15) is 0 Å². The molecular weight excluding hydrogens is 666 g/mol. The second-order valence-electron chi connectivity index (χ2n) is 14.8. The molecule has 1 unspecified atom stereocenters. The molecule has 0 spiro atoms. The van der Waals surface area contributed by atoms with Crippen LogP contribution >= 0.6 is 0 Å². The summed E-state index contributed by atoms with van der Waals surface area (Å²) in [4.78, 5) is 48.2. The van der Waals surface area contributed by atoms with Crippen molar-refractivity contribution >= 4 is 23.2 Å². The van der Waals surface area contributed by atoms with Crippen molar-refractivity contribution in [3.8, 4) is 17.1 Å². The summed E-state index contributed by atoms with van der Waals surface area (Å²) in [7, 11) is 10.9. The minimum absolute atomic E-state index is 0.00991. The highest BCUT2D eigenvalue weighted by Gasteiger charge is 2.63. The van der Waals surface area contributed by atoms with Crippen LogP contribution in [0.3, 0.4) is 0 Å². The van der Waals surface area contributed by atoms with E-state index in [0.29, 0.717) is 35.9 Å². The maximum Gasteiger partial charge on any atom is 0.255 e. The SMILES string of the molecule is CN(C)CCN(Cc1ccccc1)Cc1ccc(-c2cc(N(C)C)c3c(c2O)C(=O)C2=C(O)[C@]4(O)C(=O)C(C(N)=O)=C(O)C(N(C)C)[C@@H]4C[C@@H]2C3)o1. The van der Waals surface area contributed by atoms with Crippen LogP contribution in [-0.2, 0) is 29.1 Å². The average Bonchev–Trinajstić information content (AvgIpc) is 3.53. The van der Waals surface area contributed by atoms with E-state index >= 15 is 0 Å². The lowest BCUT2D eigenvalue weighted by Crippen LogP contribution is -2.63. The predicted molar refractivity (Wildman–Crippen MR) is 195 cm³/mol.